The second kappa shape index (κ2) is 9.34. The van der Waals surface area contributed by atoms with Crippen LogP contribution in [0.1, 0.15) is 50.7 Å². The predicted octanol–water partition coefficient (Wildman–Crippen LogP) is 3.36. The molecule has 1 aliphatic carbocycles. The molecule has 0 unspecified atom stereocenters. The van der Waals surface area contributed by atoms with Crippen molar-refractivity contribution >= 4 is 5.91 Å². The van der Waals surface area contributed by atoms with Crippen molar-refractivity contribution in [3.8, 4) is 0 Å². The molecule has 1 heterocycles. The van der Waals surface area contributed by atoms with Gasteiger partial charge in [0, 0.05) is 31.8 Å². The zero-order chi connectivity index (χ0) is 19.2. The molecule has 1 aromatic rings. The second-order valence-electron chi connectivity index (χ2n) is 7.96. The summed E-state index contributed by atoms with van der Waals surface area (Å²) in [4.78, 5) is 14.6. The molecule has 4 heteroatoms. The van der Waals surface area contributed by atoms with Crippen molar-refractivity contribution in [2.45, 2.75) is 58.6 Å². The number of carbonyl (C=O) groups is 1. The minimum absolute atomic E-state index is 0.0797. The maximum Gasteiger partial charge on any atom is 0.247 e. The Kier molecular flexibility index (Phi) is 6.86. The molecule has 2 N–H and O–H groups in total. The topological polar surface area (TPSA) is 52.6 Å². The molecule has 1 amide bonds. The highest BCUT2D eigenvalue weighted by atomic mass is 16.3. The summed E-state index contributed by atoms with van der Waals surface area (Å²) in [7, 11) is 0. The van der Waals surface area contributed by atoms with E-state index in [-0.39, 0.29) is 5.91 Å². The number of allylic oxidation sites excluding steroid dienone is 3. The van der Waals surface area contributed by atoms with Gasteiger partial charge in [0.15, 0.2) is 0 Å². The highest BCUT2D eigenvalue weighted by Crippen LogP contribution is 2.26. The Morgan fingerprint density at radius 1 is 1.22 bits per heavy atom. The smallest absolute Gasteiger partial charge is 0.247 e. The zero-order valence-corrected chi connectivity index (χ0v) is 16.6. The first-order valence-electron chi connectivity index (χ1n) is 10.1. The number of hydrogen-bond acceptors (Lipinski definition) is 3. The Balaban J connectivity index is 1.46. The molecule has 1 aromatic carbocycles. The molecule has 0 spiro atoms. The zero-order valence-electron chi connectivity index (χ0n) is 16.6. The van der Waals surface area contributed by atoms with E-state index in [4.69, 9.17) is 0 Å². The van der Waals surface area contributed by atoms with Gasteiger partial charge in [-0.05, 0) is 62.7 Å². The van der Waals surface area contributed by atoms with Gasteiger partial charge < -0.3 is 10.4 Å². The number of rotatable bonds is 6. The van der Waals surface area contributed by atoms with Crippen molar-refractivity contribution in [1.82, 2.24) is 10.2 Å². The van der Waals surface area contributed by atoms with Crippen LogP contribution in [0.5, 0.6) is 0 Å². The maximum atomic E-state index is 12.4. The van der Waals surface area contributed by atoms with Gasteiger partial charge in [-0.1, -0.05) is 35.9 Å². The summed E-state index contributed by atoms with van der Waals surface area (Å²) >= 11 is 0. The van der Waals surface area contributed by atoms with Gasteiger partial charge in [0.1, 0.15) is 0 Å². The lowest BCUT2D eigenvalue weighted by Crippen LogP contribution is -2.42. The highest BCUT2D eigenvalue weighted by Gasteiger charge is 2.19. The fraction of sp³-hybridized carbons (Fsp3) is 0.522. The number of nitrogens with zero attached hydrogens (tertiary/aromatic N) is 1. The van der Waals surface area contributed by atoms with Gasteiger partial charge in [-0.3, -0.25) is 9.69 Å². The highest BCUT2D eigenvalue weighted by molar-refractivity contribution is 5.93. The van der Waals surface area contributed by atoms with E-state index in [0.29, 0.717) is 13.1 Å². The Morgan fingerprint density at radius 3 is 2.74 bits per heavy atom. The van der Waals surface area contributed by atoms with Crippen molar-refractivity contribution in [1.29, 1.82) is 0 Å². The normalized spacial score (nSPS) is 19.6. The lowest BCUT2D eigenvalue weighted by atomic mass is 9.91. The first-order chi connectivity index (χ1) is 13.0. The quantitative estimate of drug-likeness (QED) is 0.757. The second-order valence-corrected chi connectivity index (χ2v) is 7.96. The summed E-state index contributed by atoms with van der Waals surface area (Å²) in [5, 5.41) is 13.2. The van der Waals surface area contributed by atoms with E-state index in [1.807, 2.05) is 13.0 Å². The molecule has 4 nitrogen and oxygen atoms in total. The van der Waals surface area contributed by atoms with Crippen LogP contribution in [0.3, 0.4) is 0 Å². The summed E-state index contributed by atoms with van der Waals surface area (Å²) in [6, 6.07) is 8.49. The van der Waals surface area contributed by atoms with Gasteiger partial charge in [0.2, 0.25) is 5.91 Å². The summed E-state index contributed by atoms with van der Waals surface area (Å²) in [6.07, 6.45) is 7.15. The van der Waals surface area contributed by atoms with Crippen LogP contribution in [0, 0.1) is 0 Å². The number of carbonyl (C=O) groups excluding carboxylic acids is 1. The molecule has 1 atom stereocenters. The van der Waals surface area contributed by atoms with Gasteiger partial charge in [-0.2, -0.15) is 0 Å². The average Bonchev–Trinajstić information content (AvgIpc) is 2.67. The molecular weight excluding hydrogens is 336 g/mol. The summed E-state index contributed by atoms with van der Waals surface area (Å²) in [5.74, 6) is -0.0797. The van der Waals surface area contributed by atoms with Gasteiger partial charge in [-0.15, -0.1) is 0 Å². The summed E-state index contributed by atoms with van der Waals surface area (Å²) in [6.45, 7) is 6.72. The molecule has 3 rings (SSSR count). The fourth-order valence-corrected chi connectivity index (χ4v) is 4.02. The maximum absolute atomic E-state index is 12.4. The first kappa shape index (κ1) is 19.8. The Morgan fingerprint density at radius 2 is 1.96 bits per heavy atom. The van der Waals surface area contributed by atoms with Crippen LogP contribution >= 0.6 is 0 Å². The Bertz CT molecular complexity index is 736. The lowest BCUT2D eigenvalue weighted by molar-refractivity contribution is -0.118. The van der Waals surface area contributed by atoms with Gasteiger partial charge >= 0.3 is 0 Å². The molecule has 146 valence electrons. The van der Waals surface area contributed by atoms with E-state index in [2.05, 4.69) is 41.4 Å². The predicted molar refractivity (Wildman–Crippen MR) is 109 cm³/mol. The third kappa shape index (κ3) is 5.53. The van der Waals surface area contributed by atoms with Crippen LogP contribution in [0.25, 0.3) is 0 Å². The average molecular weight is 369 g/mol. The van der Waals surface area contributed by atoms with Crippen molar-refractivity contribution in [2.24, 2.45) is 0 Å². The number of nitrogens with one attached hydrogen (secondary N) is 1. The molecule has 0 radical (unpaired) electrons. The molecule has 0 bridgehead atoms. The van der Waals surface area contributed by atoms with E-state index >= 15 is 0 Å². The number of aliphatic hydroxyl groups is 1. The van der Waals surface area contributed by atoms with E-state index in [9.17, 15) is 9.90 Å². The van der Waals surface area contributed by atoms with E-state index < -0.39 is 6.10 Å². The Labute approximate surface area is 163 Å². The number of β-amino-alcohol motifs (C(OH)–C–C–N with tert-alkyl or cyclic N) is 1. The first-order valence-corrected chi connectivity index (χ1v) is 10.1. The van der Waals surface area contributed by atoms with Crippen LogP contribution in [-0.4, -0.2) is 41.7 Å². The van der Waals surface area contributed by atoms with Crippen LogP contribution in [0.2, 0.25) is 0 Å². The number of aliphatic hydroxyl groups excluding tert-OH is 1. The Hall–Kier alpha value is -1.91. The third-order valence-electron chi connectivity index (χ3n) is 5.72. The van der Waals surface area contributed by atoms with Gasteiger partial charge in [-0.25, -0.2) is 0 Å². The molecule has 0 saturated carbocycles. The number of amides is 1. The molecular formula is C23H32N2O2. The largest absolute Gasteiger partial charge is 0.390 e. The van der Waals surface area contributed by atoms with Gasteiger partial charge in [0.25, 0.3) is 0 Å². The molecule has 2 aliphatic rings. The molecule has 27 heavy (non-hydrogen) atoms. The SMILES string of the molecule is CC1=C(/C=C(\C)C(=O)NC[C@H](O)CN2CCc3ccccc3C2)CCCC1. The number of fused-ring (bicyclic) bond motifs is 1. The van der Waals surface area contributed by atoms with Crippen LogP contribution < -0.4 is 5.32 Å². The molecule has 0 fully saturated rings. The molecule has 0 aromatic heterocycles. The monoisotopic (exact) mass is 368 g/mol. The molecule has 0 saturated heterocycles. The summed E-state index contributed by atoms with van der Waals surface area (Å²) in [5.41, 5.74) is 6.19. The van der Waals surface area contributed by atoms with Crippen LogP contribution in [-0.2, 0) is 17.8 Å². The minimum Gasteiger partial charge on any atom is -0.390 e. The minimum atomic E-state index is -0.553. The fourth-order valence-electron chi connectivity index (χ4n) is 4.02. The standard InChI is InChI=1S/C23H32N2O2/c1-17-7-3-4-9-20(17)13-18(2)23(27)24-14-22(26)16-25-12-11-19-8-5-6-10-21(19)15-25/h5-6,8,10,13,22,26H,3-4,7,9,11-12,14-16H2,1-2H3,(H,24,27)/b18-13+/t22-/m0/s1. The number of hydrogen-bond donors (Lipinski definition) is 2. The van der Waals surface area contributed by atoms with E-state index in [1.165, 1.54) is 35.1 Å². The summed E-state index contributed by atoms with van der Waals surface area (Å²) < 4.78 is 0. The van der Waals surface area contributed by atoms with E-state index in [0.717, 1.165) is 37.9 Å². The lowest BCUT2D eigenvalue weighted by Gasteiger charge is -2.30. The van der Waals surface area contributed by atoms with Crippen molar-refractivity contribution in [2.75, 3.05) is 19.6 Å². The van der Waals surface area contributed by atoms with E-state index in [1.54, 1.807) is 0 Å². The van der Waals surface area contributed by atoms with Crippen molar-refractivity contribution < 1.29 is 9.90 Å². The molecule has 1 aliphatic heterocycles. The third-order valence-corrected chi connectivity index (χ3v) is 5.72. The van der Waals surface area contributed by atoms with Crippen LogP contribution in [0.4, 0.5) is 0 Å². The number of benzene rings is 1. The van der Waals surface area contributed by atoms with Crippen molar-refractivity contribution in [3.63, 3.8) is 0 Å². The van der Waals surface area contributed by atoms with Gasteiger partial charge in [0.05, 0.1) is 6.10 Å². The van der Waals surface area contributed by atoms with Crippen molar-refractivity contribution in [3.05, 3.63) is 58.2 Å². The van der Waals surface area contributed by atoms with Crippen LogP contribution in [0.15, 0.2) is 47.1 Å².